The minimum Gasteiger partial charge on any atom is -0.455 e. The fraction of sp³-hybridized carbons (Fsp3) is 0.286. The molecule has 0 bridgehead atoms. The van der Waals surface area contributed by atoms with Gasteiger partial charge in [-0.3, -0.25) is 4.79 Å². The molecule has 1 amide bonds. The first-order chi connectivity index (χ1) is 12.1. The molecule has 130 valence electrons. The molecule has 1 aromatic heterocycles. The third kappa shape index (κ3) is 3.16. The number of fused-ring (bicyclic) bond motifs is 1. The van der Waals surface area contributed by atoms with Gasteiger partial charge >= 0.3 is 0 Å². The third-order valence-corrected chi connectivity index (χ3v) is 4.72. The Bertz CT molecular complexity index is 896. The lowest BCUT2D eigenvalue weighted by molar-refractivity contribution is 0.0964. The van der Waals surface area contributed by atoms with Crippen molar-refractivity contribution < 1.29 is 13.6 Å². The van der Waals surface area contributed by atoms with E-state index in [1.807, 2.05) is 12.1 Å². The van der Waals surface area contributed by atoms with Crippen LogP contribution in [-0.2, 0) is 6.67 Å². The summed E-state index contributed by atoms with van der Waals surface area (Å²) in [5, 5.41) is 3.47. The van der Waals surface area contributed by atoms with E-state index < -0.39 is 6.67 Å². The Balaban J connectivity index is 2.19. The first-order valence-corrected chi connectivity index (χ1v) is 8.52. The Labute approximate surface area is 146 Å². The maximum Gasteiger partial charge on any atom is 0.255 e. The molecule has 0 aliphatic rings. The van der Waals surface area contributed by atoms with Crippen LogP contribution < -0.4 is 5.32 Å². The Hall–Kier alpha value is -2.62. The molecule has 0 fully saturated rings. The zero-order valence-corrected chi connectivity index (χ0v) is 14.7. The molecule has 1 N–H and O–H groups in total. The van der Waals surface area contributed by atoms with Gasteiger partial charge in [0.05, 0.1) is 5.56 Å². The van der Waals surface area contributed by atoms with Crippen molar-refractivity contribution in [1.82, 2.24) is 5.32 Å². The molecule has 0 radical (unpaired) electrons. The van der Waals surface area contributed by atoms with Gasteiger partial charge in [-0.15, -0.1) is 0 Å². The van der Waals surface area contributed by atoms with E-state index >= 15 is 0 Å². The monoisotopic (exact) mass is 339 g/mol. The van der Waals surface area contributed by atoms with Crippen molar-refractivity contribution >= 4 is 16.9 Å². The van der Waals surface area contributed by atoms with Gasteiger partial charge in [0.15, 0.2) is 0 Å². The lowest BCUT2D eigenvalue weighted by Gasteiger charge is -2.08. The summed E-state index contributed by atoms with van der Waals surface area (Å²) in [6.07, 6.45) is 1.03. The minimum absolute atomic E-state index is 0.195. The van der Waals surface area contributed by atoms with Gasteiger partial charge < -0.3 is 9.73 Å². The average molecular weight is 339 g/mol. The van der Waals surface area contributed by atoms with E-state index in [0.29, 0.717) is 28.4 Å². The number of nitrogens with one attached hydrogen (secondary N) is 1. The smallest absolute Gasteiger partial charge is 0.255 e. The predicted octanol–water partition coefficient (Wildman–Crippen LogP) is 5.44. The summed E-state index contributed by atoms with van der Waals surface area (Å²) in [5.41, 5.74) is 3.76. The number of benzene rings is 2. The highest BCUT2D eigenvalue weighted by Gasteiger charge is 2.22. The van der Waals surface area contributed by atoms with Gasteiger partial charge in [0.1, 0.15) is 18.0 Å². The van der Waals surface area contributed by atoms with E-state index in [9.17, 15) is 9.18 Å². The van der Waals surface area contributed by atoms with E-state index in [4.69, 9.17) is 4.42 Å². The van der Waals surface area contributed by atoms with E-state index in [1.165, 1.54) is 5.56 Å². The number of hydrogen-bond donors (Lipinski definition) is 1. The quantitative estimate of drug-likeness (QED) is 0.672. The van der Waals surface area contributed by atoms with Crippen molar-refractivity contribution in [2.45, 2.75) is 32.9 Å². The zero-order chi connectivity index (χ0) is 18.0. The topological polar surface area (TPSA) is 42.2 Å². The molecular weight excluding hydrogens is 317 g/mol. The number of hydrogen-bond acceptors (Lipinski definition) is 2. The van der Waals surface area contributed by atoms with Crippen molar-refractivity contribution in [1.29, 1.82) is 0 Å². The highest BCUT2D eigenvalue weighted by molar-refractivity contribution is 6.11. The fourth-order valence-electron chi connectivity index (χ4n) is 2.95. The van der Waals surface area contributed by atoms with Crippen molar-refractivity contribution in [2.24, 2.45) is 0 Å². The highest BCUT2D eigenvalue weighted by Crippen LogP contribution is 2.35. The normalized spacial score (nSPS) is 12.3. The highest BCUT2D eigenvalue weighted by atomic mass is 19.1. The second-order valence-electron chi connectivity index (χ2n) is 6.28. The first-order valence-electron chi connectivity index (χ1n) is 8.52. The van der Waals surface area contributed by atoms with Crippen LogP contribution in [0, 0.1) is 0 Å². The molecule has 3 nitrogen and oxygen atoms in total. The van der Waals surface area contributed by atoms with E-state index in [0.717, 1.165) is 17.4 Å². The van der Waals surface area contributed by atoms with Crippen LogP contribution in [-0.4, -0.2) is 13.0 Å². The number of carbonyl (C=O) groups is 1. The average Bonchev–Trinajstić information content (AvgIpc) is 3.05. The largest absolute Gasteiger partial charge is 0.455 e. The van der Waals surface area contributed by atoms with E-state index in [2.05, 4.69) is 25.2 Å². The van der Waals surface area contributed by atoms with Gasteiger partial charge in [0, 0.05) is 18.0 Å². The van der Waals surface area contributed by atoms with Gasteiger partial charge in [0.2, 0.25) is 0 Å². The molecule has 0 saturated heterocycles. The van der Waals surface area contributed by atoms with Crippen LogP contribution >= 0.6 is 0 Å². The molecule has 25 heavy (non-hydrogen) atoms. The molecule has 2 aromatic carbocycles. The summed E-state index contributed by atoms with van der Waals surface area (Å²) in [6, 6.07) is 13.0. The Morgan fingerprint density at radius 1 is 1.20 bits per heavy atom. The molecule has 4 heteroatoms. The second-order valence-corrected chi connectivity index (χ2v) is 6.28. The van der Waals surface area contributed by atoms with Crippen LogP contribution in [0.3, 0.4) is 0 Å². The summed E-state index contributed by atoms with van der Waals surface area (Å²) >= 11 is 0. The summed E-state index contributed by atoms with van der Waals surface area (Å²) < 4.78 is 18.8. The summed E-state index contributed by atoms with van der Waals surface area (Å²) in [6.45, 7) is 3.80. The maximum atomic E-state index is 12.8. The number of amides is 1. The molecule has 1 atom stereocenters. The Morgan fingerprint density at radius 2 is 1.92 bits per heavy atom. The third-order valence-electron chi connectivity index (χ3n) is 4.72. The molecule has 1 heterocycles. The van der Waals surface area contributed by atoms with Gasteiger partial charge in [-0.05, 0) is 35.6 Å². The minimum atomic E-state index is -0.513. The number of alkyl halides is 1. The Kier molecular flexibility index (Phi) is 4.88. The molecule has 0 spiro atoms. The van der Waals surface area contributed by atoms with Crippen molar-refractivity contribution in [3.63, 3.8) is 0 Å². The number of furan rings is 1. The molecule has 0 aliphatic heterocycles. The molecule has 3 aromatic rings. The van der Waals surface area contributed by atoms with Crippen LogP contribution in [0.25, 0.3) is 22.3 Å². The van der Waals surface area contributed by atoms with E-state index in [-0.39, 0.29) is 5.91 Å². The lowest BCUT2D eigenvalue weighted by Crippen LogP contribution is -2.18. The van der Waals surface area contributed by atoms with Crippen LogP contribution in [0.1, 0.15) is 47.7 Å². The summed E-state index contributed by atoms with van der Waals surface area (Å²) in [7, 11) is 1.60. The standard InChI is InChI=1S/C21H22FNO2/c1-4-13(2)16-9-10-17-18(11-16)25-20(19(17)21(24)23-3)15-7-5-14(12-22)6-8-15/h5-11,13H,4,12H2,1-3H3,(H,23,24). The van der Waals surface area contributed by atoms with Gasteiger partial charge in [-0.1, -0.05) is 44.2 Å². The molecule has 3 rings (SSSR count). The molecule has 0 aliphatic carbocycles. The van der Waals surface area contributed by atoms with Crippen molar-refractivity contribution in [2.75, 3.05) is 7.05 Å². The van der Waals surface area contributed by atoms with Crippen molar-refractivity contribution in [3.05, 3.63) is 59.2 Å². The van der Waals surface area contributed by atoms with Crippen LogP contribution in [0.5, 0.6) is 0 Å². The van der Waals surface area contributed by atoms with Crippen LogP contribution in [0.15, 0.2) is 46.9 Å². The Morgan fingerprint density at radius 3 is 2.52 bits per heavy atom. The molecular formula is C21H22FNO2. The summed E-state index contributed by atoms with van der Waals surface area (Å²) in [5.74, 6) is 0.742. The number of halogens is 1. The van der Waals surface area contributed by atoms with Gasteiger partial charge in [-0.25, -0.2) is 4.39 Å². The lowest BCUT2D eigenvalue weighted by atomic mass is 9.96. The first kappa shape index (κ1) is 17.2. The van der Waals surface area contributed by atoms with Crippen molar-refractivity contribution in [3.8, 4) is 11.3 Å². The van der Waals surface area contributed by atoms with E-state index in [1.54, 1.807) is 31.3 Å². The predicted molar refractivity (Wildman–Crippen MR) is 98.6 cm³/mol. The summed E-state index contributed by atoms with van der Waals surface area (Å²) in [4.78, 5) is 12.4. The fourth-order valence-corrected chi connectivity index (χ4v) is 2.95. The van der Waals surface area contributed by atoms with Gasteiger partial charge in [-0.2, -0.15) is 0 Å². The van der Waals surface area contributed by atoms with Crippen LogP contribution in [0.2, 0.25) is 0 Å². The maximum absolute atomic E-state index is 12.8. The number of carbonyl (C=O) groups excluding carboxylic acids is 1. The number of rotatable bonds is 5. The zero-order valence-electron chi connectivity index (χ0n) is 14.7. The SMILES string of the molecule is CCC(C)c1ccc2c(C(=O)NC)c(-c3ccc(CF)cc3)oc2c1. The van der Waals surface area contributed by atoms with Crippen LogP contribution in [0.4, 0.5) is 4.39 Å². The second kappa shape index (κ2) is 7.09. The molecule has 0 saturated carbocycles. The van der Waals surface area contributed by atoms with Gasteiger partial charge in [0.25, 0.3) is 5.91 Å². The molecule has 1 unspecified atom stereocenters.